The van der Waals surface area contributed by atoms with Gasteiger partial charge in [-0.2, -0.15) is 5.92 Å². The fraction of sp³-hybridized carbons (Fsp3) is 0.800. The van der Waals surface area contributed by atoms with Gasteiger partial charge in [0.25, 0.3) is 0 Å². The normalized spacial score (nSPS) is 11.7. The summed E-state index contributed by atoms with van der Waals surface area (Å²) in [6, 6.07) is 0. The van der Waals surface area contributed by atoms with Gasteiger partial charge in [-0.15, -0.1) is 0 Å². The van der Waals surface area contributed by atoms with E-state index in [4.69, 9.17) is 10.2 Å². The van der Waals surface area contributed by atoms with Gasteiger partial charge in [0, 0.05) is 0 Å². The summed E-state index contributed by atoms with van der Waals surface area (Å²) in [4.78, 5) is 18.9. The maximum atomic E-state index is 9.43. The van der Waals surface area contributed by atoms with E-state index in [1.54, 1.807) is 0 Å². The molecule has 0 amide bonds. The zero-order valence-electron chi connectivity index (χ0n) is 13.7. The second-order valence-electron chi connectivity index (χ2n) is 5.88. The largest absolute Gasteiger partial charge is 1.00 e. The smallest absolute Gasteiger partial charge is 0.481 e. The van der Waals surface area contributed by atoms with E-state index in [9.17, 15) is 9.59 Å². The molecular weight excluding hydrogens is 251 g/mol. The van der Waals surface area contributed by atoms with Crippen LogP contribution >= 0.6 is 0 Å². The van der Waals surface area contributed by atoms with Gasteiger partial charge in [0.1, 0.15) is 6.42 Å². The number of hydrogen-bond donors (Lipinski definition) is 2. The van der Waals surface area contributed by atoms with Gasteiger partial charge in [0.15, 0.2) is 0 Å². The Balaban J connectivity index is -0.000000312. The Kier molecular flexibility index (Phi) is 16.6. The van der Waals surface area contributed by atoms with Crippen LogP contribution in [0.5, 0.6) is 0 Å². The third-order valence-electron chi connectivity index (χ3n) is 2.93. The molecule has 5 heteroatoms. The molecular formula is C15H29LiO4. The zero-order chi connectivity index (χ0) is 15.5. The quantitative estimate of drug-likeness (QED) is 0.316. The van der Waals surface area contributed by atoms with Crippen LogP contribution in [0.2, 0.25) is 0 Å². The van der Waals surface area contributed by atoms with Gasteiger partial charge in [0.05, 0.1) is 0 Å². The topological polar surface area (TPSA) is 74.6 Å². The third kappa shape index (κ3) is 19.9. The SMILES string of the molecule is O=C(O)CC(=O)O.[CH2-]C(CCCCCC)C(C)(C)C.[Li+]. The maximum absolute atomic E-state index is 9.43. The van der Waals surface area contributed by atoms with Gasteiger partial charge in [-0.1, -0.05) is 65.2 Å². The molecule has 114 valence electrons. The monoisotopic (exact) mass is 280 g/mol. The van der Waals surface area contributed by atoms with Gasteiger partial charge in [-0.25, -0.2) is 0 Å². The standard InChI is InChI=1S/C12H25.C3H4O4.Li/c1-6-7-8-9-10-11(2)12(3,4)5;4-2(5)1-3(6)7;/h11H,2,6-10H2,1,3-5H3;1H2,(H,4,5)(H,6,7);/q-1;;+1. The predicted molar refractivity (Wildman–Crippen MR) is 76.9 cm³/mol. The summed E-state index contributed by atoms with van der Waals surface area (Å²) in [5.74, 6) is -2.01. The van der Waals surface area contributed by atoms with E-state index in [0.29, 0.717) is 11.3 Å². The molecule has 0 aromatic carbocycles. The van der Waals surface area contributed by atoms with Crippen LogP contribution in [0, 0.1) is 18.3 Å². The molecule has 0 aromatic rings. The van der Waals surface area contributed by atoms with Crippen LogP contribution in [0.1, 0.15) is 66.2 Å². The minimum atomic E-state index is -1.31. The van der Waals surface area contributed by atoms with Crippen LogP contribution in [0.25, 0.3) is 0 Å². The number of carboxylic acid groups (broad SMARTS) is 2. The summed E-state index contributed by atoms with van der Waals surface area (Å²) in [6.07, 6.45) is 5.95. The van der Waals surface area contributed by atoms with E-state index in [1.807, 2.05) is 0 Å². The van der Waals surface area contributed by atoms with E-state index >= 15 is 0 Å². The van der Waals surface area contributed by atoms with Gasteiger partial charge in [0.2, 0.25) is 0 Å². The van der Waals surface area contributed by atoms with Crippen LogP contribution < -0.4 is 18.9 Å². The van der Waals surface area contributed by atoms with E-state index < -0.39 is 18.4 Å². The van der Waals surface area contributed by atoms with Crippen LogP contribution in [0.15, 0.2) is 0 Å². The van der Waals surface area contributed by atoms with Gasteiger partial charge < -0.3 is 17.1 Å². The van der Waals surface area contributed by atoms with Crippen LogP contribution in [-0.4, -0.2) is 22.2 Å². The molecule has 1 unspecified atom stereocenters. The summed E-state index contributed by atoms with van der Waals surface area (Å²) in [6.45, 7) is 13.3. The van der Waals surface area contributed by atoms with Crippen LogP contribution in [0.3, 0.4) is 0 Å². The summed E-state index contributed by atoms with van der Waals surface area (Å²) in [5, 5.41) is 15.4. The fourth-order valence-corrected chi connectivity index (χ4v) is 1.38. The number of hydrogen-bond acceptors (Lipinski definition) is 2. The minimum Gasteiger partial charge on any atom is -0.481 e. The van der Waals surface area contributed by atoms with Crippen molar-refractivity contribution < 1.29 is 38.7 Å². The van der Waals surface area contributed by atoms with Crippen molar-refractivity contribution in [2.24, 2.45) is 11.3 Å². The Labute approximate surface area is 135 Å². The molecule has 0 aromatic heterocycles. The first-order valence-corrected chi connectivity index (χ1v) is 6.87. The number of rotatable bonds is 7. The number of unbranched alkanes of at least 4 members (excludes halogenated alkanes) is 3. The van der Waals surface area contributed by atoms with E-state index in [1.165, 1.54) is 32.1 Å². The molecule has 0 saturated carbocycles. The Morgan fingerprint density at radius 2 is 1.50 bits per heavy atom. The molecule has 0 fully saturated rings. The molecule has 0 bridgehead atoms. The second kappa shape index (κ2) is 13.5. The summed E-state index contributed by atoms with van der Waals surface area (Å²) in [7, 11) is 0. The molecule has 1 atom stereocenters. The summed E-state index contributed by atoms with van der Waals surface area (Å²) in [5.41, 5.74) is 0.395. The molecule has 0 spiro atoms. The zero-order valence-corrected chi connectivity index (χ0v) is 13.7. The average Bonchev–Trinajstić information content (AvgIpc) is 2.21. The van der Waals surface area contributed by atoms with Crippen molar-refractivity contribution in [3.8, 4) is 0 Å². The number of carboxylic acids is 2. The number of aliphatic carboxylic acids is 2. The van der Waals surface area contributed by atoms with Crippen molar-refractivity contribution in [1.29, 1.82) is 0 Å². The Hall–Kier alpha value is -0.463. The van der Waals surface area contributed by atoms with Crippen molar-refractivity contribution in [1.82, 2.24) is 0 Å². The van der Waals surface area contributed by atoms with Crippen molar-refractivity contribution in [2.45, 2.75) is 66.2 Å². The molecule has 0 aliphatic heterocycles. The predicted octanol–water partition coefficient (Wildman–Crippen LogP) is 1.00. The molecule has 0 saturated heterocycles. The molecule has 0 aliphatic rings. The summed E-state index contributed by atoms with van der Waals surface area (Å²) >= 11 is 0. The Bertz CT molecular complexity index is 247. The molecule has 4 nitrogen and oxygen atoms in total. The molecule has 2 N–H and O–H groups in total. The third-order valence-corrected chi connectivity index (χ3v) is 2.93. The van der Waals surface area contributed by atoms with E-state index in [-0.39, 0.29) is 18.9 Å². The van der Waals surface area contributed by atoms with Crippen molar-refractivity contribution in [3.63, 3.8) is 0 Å². The number of carbonyl (C=O) groups is 2. The molecule has 0 rings (SSSR count). The van der Waals surface area contributed by atoms with Crippen molar-refractivity contribution in [2.75, 3.05) is 0 Å². The second-order valence-corrected chi connectivity index (χ2v) is 5.88. The molecule has 0 aliphatic carbocycles. The minimum absolute atomic E-state index is 0. The summed E-state index contributed by atoms with van der Waals surface area (Å²) < 4.78 is 0. The maximum Gasteiger partial charge on any atom is 1.00 e. The van der Waals surface area contributed by atoms with Gasteiger partial charge in [-0.3, -0.25) is 9.59 Å². The van der Waals surface area contributed by atoms with Crippen molar-refractivity contribution in [3.05, 3.63) is 6.92 Å². The first kappa shape index (κ1) is 24.5. The molecule has 20 heavy (non-hydrogen) atoms. The first-order valence-electron chi connectivity index (χ1n) is 6.87. The van der Waals surface area contributed by atoms with Gasteiger partial charge >= 0.3 is 30.8 Å². The van der Waals surface area contributed by atoms with Crippen LogP contribution in [0.4, 0.5) is 0 Å². The Morgan fingerprint density at radius 1 is 1.05 bits per heavy atom. The van der Waals surface area contributed by atoms with E-state index in [0.717, 1.165) is 0 Å². The molecule has 0 heterocycles. The van der Waals surface area contributed by atoms with E-state index in [2.05, 4.69) is 34.6 Å². The first-order chi connectivity index (χ1) is 8.61. The Morgan fingerprint density at radius 3 is 1.75 bits per heavy atom. The van der Waals surface area contributed by atoms with Crippen molar-refractivity contribution >= 4 is 11.9 Å². The fourth-order valence-electron chi connectivity index (χ4n) is 1.38. The van der Waals surface area contributed by atoms with Crippen LogP contribution in [-0.2, 0) is 9.59 Å². The van der Waals surface area contributed by atoms with Gasteiger partial charge in [-0.05, 0) is 0 Å². The molecule has 0 radical (unpaired) electrons. The average molecular weight is 280 g/mol.